The van der Waals surface area contributed by atoms with Crippen molar-refractivity contribution in [2.75, 3.05) is 12.8 Å². The second-order valence-electron chi connectivity index (χ2n) is 3.93. The van der Waals surface area contributed by atoms with Gasteiger partial charge in [0.2, 0.25) is 11.8 Å². The molecule has 3 aromatic heterocycles. The van der Waals surface area contributed by atoms with Crippen LogP contribution in [0.2, 0.25) is 0 Å². The maximum absolute atomic E-state index is 11.1. The number of anilines is 1. The smallest absolute Gasteiger partial charge is 0.304 e. The Hall–Kier alpha value is -2.35. The number of nitrogens with one attached hydrogen (secondary N) is 1. The van der Waals surface area contributed by atoms with Crippen LogP contribution in [0.15, 0.2) is 22.3 Å². The second kappa shape index (κ2) is 4.39. The van der Waals surface area contributed by atoms with Crippen LogP contribution in [0.1, 0.15) is 5.69 Å². The summed E-state index contributed by atoms with van der Waals surface area (Å²) in [6, 6.07) is 3.52. The first-order valence-electron chi connectivity index (χ1n) is 5.51. The molecule has 3 N–H and O–H groups in total. The molecule has 7 nitrogen and oxygen atoms in total. The minimum atomic E-state index is -0.0940. The van der Waals surface area contributed by atoms with E-state index in [4.69, 9.17) is 10.5 Å². The molecule has 3 heterocycles. The van der Waals surface area contributed by atoms with E-state index in [1.807, 2.05) is 0 Å². The Bertz CT molecular complexity index is 788. The highest BCUT2D eigenvalue weighted by Crippen LogP contribution is 2.20. The first-order chi connectivity index (χ1) is 9.17. The molecule has 0 saturated heterocycles. The van der Waals surface area contributed by atoms with Crippen molar-refractivity contribution in [3.8, 4) is 5.88 Å². The number of fused-ring (bicyclic) bond motifs is 1. The van der Waals surface area contributed by atoms with Crippen molar-refractivity contribution in [3.63, 3.8) is 0 Å². The zero-order chi connectivity index (χ0) is 13.4. The number of hydrogen-bond donors (Lipinski definition) is 2. The Labute approximate surface area is 111 Å². The first kappa shape index (κ1) is 11.7. The molecule has 0 aliphatic carbocycles. The van der Waals surface area contributed by atoms with E-state index in [1.165, 1.54) is 0 Å². The molecular formula is C11H11N5O2S. The number of thiazole rings is 1. The van der Waals surface area contributed by atoms with E-state index in [0.717, 1.165) is 17.0 Å². The molecule has 8 heteroatoms. The Morgan fingerprint density at radius 3 is 3.00 bits per heavy atom. The summed E-state index contributed by atoms with van der Waals surface area (Å²) in [7, 11) is 1.55. The van der Waals surface area contributed by atoms with Crippen molar-refractivity contribution in [2.45, 2.75) is 6.54 Å². The van der Waals surface area contributed by atoms with Crippen molar-refractivity contribution in [1.82, 2.24) is 19.5 Å². The van der Waals surface area contributed by atoms with E-state index in [1.54, 1.807) is 29.2 Å². The molecule has 0 spiro atoms. The number of nitrogens with two attached hydrogens (primary N) is 1. The molecule has 0 aromatic carbocycles. The monoisotopic (exact) mass is 277 g/mol. The Kier molecular flexibility index (Phi) is 2.71. The van der Waals surface area contributed by atoms with Gasteiger partial charge >= 0.3 is 4.87 Å². The molecule has 19 heavy (non-hydrogen) atoms. The summed E-state index contributed by atoms with van der Waals surface area (Å²) < 4.78 is 6.82. The van der Waals surface area contributed by atoms with Crippen LogP contribution in [0.4, 0.5) is 5.95 Å². The zero-order valence-corrected chi connectivity index (χ0v) is 10.9. The van der Waals surface area contributed by atoms with Crippen LogP contribution in [0.25, 0.3) is 11.2 Å². The van der Waals surface area contributed by atoms with Crippen LogP contribution in [0.5, 0.6) is 5.88 Å². The quantitative estimate of drug-likeness (QED) is 0.738. The average Bonchev–Trinajstić information content (AvgIpc) is 2.94. The lowest BCUT2D eigenvalue weighted by Crippen LogP contribution is -2.07. The third-order valence-corrected chi connectivity index (χ3v) is 3.42. The van der Waals surface area contributed by atoms with Crippen LogP contribution in [-0.2, 0) is 6.54 Å². The van der Waals surface area contributed by atoms with Gasteiger partial charge in [0.05, 0.1) is 13.7 Å². The molecule has 3 aromatic rings. The van der Waals surface area contributed by atoms with Gasteiger partial charge in [-0.25, -0.2) is 4.98 Å². The van der Waals surface area contributed by atoms with Crippen molar-refractivity contribution < 1.29 is 4.74 Å². The molecule has 0 unspecified atom stereocenters. The number of methoxy groups -OCH3 is 1. The molecule has 0 aliphatic rings. The van der Waals surface area contributed by atoms with E-state index in [-0.39, 0.29) is 4.87 Å². The summed E-state index contributed by atoms with van der Waals surface area (Å²) in [5.74, 6) is 0.843. The Morgan fingerprint density at radius 1 is 1.47 bits per heavy atom. The van der Waals surface area contributed by atoms with Crippen LogP contribution in [0.3, 0.4) is 0 Å². The number of pyridine rings is 1. The topological polar surface area (TPSA) is 98.8 Å². The van der Waals surface area contributed by atoms with Gasteiger partial charge in [-0.3, -0.25) is 9.36 Å². The predicted octanol–water partition coefficient (Wildman–Crippen LogP) is 0.820. The Morgan fingerprint density at radius 2 is 2.32 bits per heavy atom. The van der Waals surface area contributed by atoms with E-state index in [2.05, 4.69) is 15.0 Å². The average molecular weight is 277 g/mol. The number of H-pyrrole nitrogens is 1. The van der Waals surface area contributed by atoms with Crippen LogP contribution in [-0.4, -0.2) is 26.6 Å². The molecule has 0 aliphatic heterocycles. The summed E-state index contributed by atoms with van der Waals surface area (Å²) in [5.41, 5.74) is 7.97. The maximum Gasteiger partial charge on any atom is 0.304 e. The van der Waals surface area contributed by atoms with E-state index in [0.29, 0.717) is 29.5 Å². The number of nitrogen functional groups attached to an aromatic ring is 1. The highest BCUT2D eigenvalue weighted by molar-refractivity contribution is 7.07. The van der Waals surface area contributed by atoms with Gasteiger partial charge in [0.25, 0.3) is 0 Å². The summed E-state index contributed by atoms with van der Waals surface area (Å²) in [5, 5.41) is 1.76. The molecule has 0 saturated carbocycles. The third-order valence-electron chi connectivity index (χ3n) is 2.70. The summed E-state index contributed by atoms with van der Waals surface area (Å²) in [4.78, 5) is 22.3. The third kappa shape index (κ3) is 2.06. The summed E-state index contributed by atoms with van der Waals surface area (Å²) in [6.45, 7) is 0.418. The van der Waals surface area contributed by atoms with Gasteiger partial charge in [0.15, 0.2) is 5.65 Å². The van der Waals surface area contributed by atoms with Crippen molar-refractivity contribution in [3.05, 3.63) is 32.9 Å². The highest BCUT2D eigenvalue weighted by atomic mass is 32.1. The molecule has 0 atom stereocenters. The largest absolute Gasteiger partial charge is 0.481 e. The van der Waals surface area contributed by atoms with Crippen LogP contribution in [0, 0.1) is 0 Å². The van der Waals surface area contributed by atoms with Gasteiger partial charge in [-0.05, 0) is 6.07 Å². The minimum Gasteiger partial charge on any atom is -0.481 e. The van der Waals surface area contributed by atoms with Gasteiger partial charge in [-0.2, -0.15) is 4.98 Å². The molecule has 0 amide bonds. The lowest BCUT2D eigenvalue weighted by atomic mass is 10.4. The number of imidazole rings is 1. The Balaban J connectivity index is 2.10. The van der Waals surface area contributed by atoms with E-state index in [9.17, 15) is 4.79 Å². The van der Waals surface area contributed by atoms with Gasteiger partial charge in [-0.1, -0.05) is 11.3 Å². The fourth-order valence-electron chi connectivity index (χ4n) is 1.83. The standard InChI is InChI=1S/C11H11N5O2S/c1-18-8-3-2-7-9(15-8)16(10(12)14-7)4-6-5-19-11(17)13-6/h2-3,5H,4H2,1H3,(H2,12,14)(H,13,17). The first-order valence-corrected chi connectivity index (χ1v) is 6.39. The number of hydrogen-bond acceptors (Lipinski definition) is 6. The predicted molar refractivity (Wildman–Crippen MR) is 72.5 cm³/mol. The minimum absolute atomic E-state index is 0.0940. The van der Waals surface area contributed by atoms with Gasteiger partial charge < -0.3 is 15.5 Å². The van der Waals surface area contributed by atoms with Crippen molar-refractivity contribution >= 4 is 28.4 Å². The number of ether oxygens (including phenoxy) is 1. The molecule has 98 valence electrons. The highest BCUT2D eigenvalue weighted by Gasteiger charge is 2.11. The lowest BCUT2D eigenvalue weighted by Gasteiger charge is -2.04. The number of aromatic amines is 1. The number of nitrogens with zero attached hydrogens (tertiary/aromatic N) is 3. The fraction of sp³-hybridized carbons (Fsp3) is 0.182. The fourth-order valence-corrected chi connectivity index (χ4v) is 2.41. The number of rotatable bonds is 3. The molecule has 3 rings (SSSR count). The summed E-state index contributed by atoms with van der Waals surface area (Å²) in [6.07, 6.45) is 0. The zero-order valence-electron chi connectivity index (χ0n) is 10.1. The molecule has 0 fully saturated rings. The molecular weight excluding hydrogens is 266 g/mol. The second-order valence-corrected chi connectivity index (χ2v) is 4.77. The van der Waals surface area contributed by atoms with Crippen molar-refractivity contribution in [1.29, 1.82) is 0 Å². The SMILES string of the molecule is COc1ccc2nc(N)n(Cc3csc(=O)[nH]3)c2n1. The van der Waals surface area contributed by atoms with Gasteiger partial charge in [0.1, 0.15) is 5.52 Å². The summed E-state index contributed by atoms with van der Waals surface area (Å²) >= 11 is 1.11. The molecule has 0 bridgehead atoms. The van der Waals surface area contributed by atoms with Crippen LogP contribution >= 0.6 is 11.3 Å². The van der Waals surface area contributed by atoms with Crippen molar-refractivity contribution in [2.24, 2.45) is 0 Å². The number of aromatic nitrogens is 4. The van der Waals surface area contributed by atoms with Crippen LogP contribution < -0.4 is 15.3 Å². The molecule has 0 radical (unpaired) electrons. The van der Waals surface area contributed by atoms with E-state index < -0.39 is 0 Å². The lowest BCUT2D eigenvalue weighted by molar-refractivity contribution is 0.399. The van der Waals surface area contributed by atoms with Gasteiger partial charge in [0, 0.05) is 17.1 Å². The normalized spacial score (nSPS) is 11.0. The maximum atomic E-state index is 11.1. The van der Waals surface area contributed by atoms with E-state index >= 15 is 0 Å². The van der Waals surface area contributed by atoms with Gasteiger partial charge in [-0.15, -0.1) is 0 Å².